The summed E-state index contributed by atoms with van der Waals surface area (Å²) in [6, 6.07) is 1.82. The minimum atomic E-state index is -4.88. The number of aromatic nitrogens is 1. The summed E-state index contributed by atoms with van der Waals surface area (Å²) >= 11 is 0. The van der Waals surface area contributed by atoms with Crippen LogP contribution in [0.25, 0.3) is 0 Å². The van der Waals surface area contributed by atoms with Gasteiger partial charge in [-0.25, -0.2) is 4.98 Å². The number of halogens is 3. The second kappa shape index (κ2) is 5.55. The van der Waals surface area contributed by atoms with E-state index in [1.807, 2.05) is 6.07 Å². The van der Waals surface area contributed by atoms with Crippen molar-refractivity contribution in [2.75, 3.05) is 7.11 Å². The van der Waals surface area contributed by atoms with Crippen LogP contribution in [-0.4, -0.2) is 18.5 Å². The first kappa shape index (κ1) is 14.1. The van der Waals surface area contributed by atoms with Crippen LogP contribution in [-0.2, 0) is 13.0 Å². The maximum Gasteiger partial charge on any atom is 0.574 e. The van der Waals surface area contributed by atoms with Gasteiger partial charge in [0.05, 0.1) is 19.6 Å². The van der Waals surface area contributed by atoms with E-state index in [4.69, 9.17) is 15.7 Å². The van der Waals surface area contributed by atoms with Crippen molar-refractivity contribution in [2.45, 2.75) is 19.3 Å². The summed E-state index contributed by atoms with van der Waals surface area (Å²) in [7, 11) is 1.17. The summed E-state index contributed by atoms with van der Waals surface area (Å²) in [6.07, 6.45) is -3.89. The smallest absolute Gasteiger partial charge is 0.491 e. The summed E-state index contributed by atoms with van der Waals surface area (Å²) in [5.74, 6) is -0.954. The van der Waals surface area contributed by atoms with E-state index >= 15 is 0 Å². The molecule has 0 unspecified atom stereocenters. The van der Waals surface area contributed by atoms with E-state index in [0.29, 0.717) is 5.56 Å². The van der Waals surface area contributed by atoms with Crippen molar-refractivity contribution in [3.05, 3.63) is 17.3 Å². The Morgan fingerprint density at radius 2 is 2.17 bits per heavy atom. The van der Waals surface area contributed by atoms with Crippen molar-refractivity contribution in [1.82, 2.24) is 4.98 Å². The van der Waals surface area contributed by atoms with E-state index in [0.717, 1.165) is 6.20 Å². The summed E-state index contributed by atoms with van der Waals surface area (Å²) in [6.45, 7) is 0.0344. The zero-order valence-electron chi connectivity index (χ0n) is 9.41. The summed E-state index contributed by atoms with van der Waals surface area (Å²) in [5, 5.41) is 8.65. The lowest BCUT2D eigenvalue weighted by molar-refractivity contribution is -0.276. The molecular weight excluding hydrogens is 251 g/mol. The van der Waals surface area contributed by atoms with Gasteiger partial charge in [-0.3, -0.25) is 0 Å². The molecule has 18 heavy (non-hydrogen) atoms. The van der Waals surface area contributed by atoms with Crippen LogP contribution in [0.4, 0.5) is 13.2 Å². The van der Waals surface area contributed by atoms with Crippen LogP contribution in [0, 0.1) is 11.3 Å². The molecule has 0 saturated carbocycles. The van der Waals surface area contributed by atoms with Crippen LogP contribution in [0.1, 0.15) is 11.1 Å². The van der Waals surface area contributed by atoms with Crippen LogP contribution in [0.5, 0.6) is 11.6 Å². The fourth-order valence-corrected chi connectivity index (χ4v) is 1.39. The lowest BCUT2D eigenvalue weighted by Crippen LogP contribution is -2.19. The third kappa shape index (κ3) is 3.24. The first-order chi connectivity index (χ1) is 8.42. The van der Waals surface area contributed by atoms with E-state index in [-0.39, 0.29) is 24.3 Å². The number of rotatable bonds is 4. The SMILES string of the molecule is COc1c(OC(F)(F)F)ncc(CN)c1CC#N. The molecule has 0 aliphatic rings. The number of nitrogens with two attached hydrogens (primary N) is 1. The standard InChI is InChI=1S/C10H10F3N3O2/c1-17-8-7(2-3-14)6(4-15)5-16-9(8)18-10(11,12)13/h5H,2,4,15H2,1H3. The van der Waals surface area contributed by atoms with Gasteiger partial charge in [0.15, 0.2) is 5.75 Å². The predicted octanol–water partition coefficient (Wildman–Crippen LogP) is 1.51. The van der Waals surface area contributed by atoms with Gasteiger partial charge in [-0.15, -0.1) is 13.2 Å². The third-order valence-corrected chi connectivity index (χ3v) is 2.09. The van der Waals surface area contributed by atoms with Crippen LogP contribution in [0.3, 0.4) is 0 Å². The molecule has 0 aromatic carbocycles. The van der Waals surface area contributed by atoms with Crippen molar-refractivity contribution in [1.29, 1.82) is 5.26 Å². The highest BCUT2D eigenvalue weighted by Crippen LogP contribution is 2.34. The average molecular weight is 261 g/mol. The van der Waals surface area contributed by atoms with Gasteiger partial charge in [-0.1, -0.05) is 0 Å². The number of alkyl halides is 3. The summed E-state index contributed by atoms with van der Waals surface area (Å²) in [5.41, 5.74) is 6.09. The van der Waals surface area contributed by atoms with Gasteiger partial charge in [0.1, 0.15) is 0 Å². The van der Waals surface area contributed by atoms with E-state index in [1.165, 1.54) is 7.11 Å². The normalized spacial score (nSPS) is 10.9. The molecule has 1 heterocycles. The average Bonchev–Trinajstić information content (AvgIpc) is 2.28. The molecule has 0 fully saturated rings. The van der Waals surface area contributed by atoms with Crippen LogP contribution in [0.15, 0.2) is 6.20 Å². The highest BCUT2D eigenvalue weighted by molar-refractivity contribution is 5.47. The highest BCUT2D eigenvalue weighted by atomic mass is 19.4. The zero-order chi connectivity index (χ0) is 13.8. The molecule has 0 bridgehead atoms. The van der Waals surface area contributed by atoms with Crippen molar-refractivity contribution in [3.8, 4) is 17.7 Å². The Hall–Kier alpha value is -2.01. The predicted molar refractivity (Wildman–Crippen MR) is 54.7 cm³/mol. The van der Waals surface area contributed by atoms with Crippen molar-refractivity contribution in [2.24, 2.45) is 5.73 Å². The second-order valence-corrected chi connectivity index (χ2v) is 3.19. The minimum absolute atomic E-state index is 0.0344. The topological polar surface area (TPSA) is 81.2 Å². The lowest BCUT2D eigenvalue weighted by atomic mass is 10.1. The Kier molecular flexibility index (Phi) is 4.33. The number of nitriles is 1. The fraction of sp³-hybridized carbons (Fsp3) is 0.400. The van der Waals surface area contributed by atoms with Gasteiger partial charge < -0.3 is 15.2 Å². The molecule has 2 N–H and O–H groups in total. The molecule has 1 aromatic rings. The minimum Gasteiger partial charge on any atom is -0.491 e. The Labute approximate surface area is 101 Å². The third-order valence-electron chi connectivity index (χ3n) is 2.09. The number of nitrogens with zero attached hydrogens (tertiary/aromatic N) is 2. The van der Waals surface area contributed by atoms with E-state index in [9.17, 15) is 13.2 Å². The van der Waals surface area contributed by atoms with Crippen molar-refractivity contribution >= 4 is 0 Å². The van der Waals surface area contributed by atoms with Gasteiger partial charge in [-0.05, 0) is 5.56 Å². The van der Waals surface area contributed by atoms with Crippen LogP contribution < -0.4 is 15.2 Å². The maximum atomic E-state index is 12.2. The number of methoxy groups -OCH3 is 1. The van der Waals surface area contributed by atoms with Crippen molar-refractivity contribution < 1.29 is 22.6 Å². The molecule has 0 radical (unpaired) electrons. The summed E-state index contributed by atoms with van der Waals surface area (Å²) in [4.78, 5) is 3.49. The molecule has 5 nitrogen and oxygen atoms in total. The van der Waals surface area contributed by atoms with Gasteiger partial charge >= 0.3 is 6.36 Å². The molecule has 8 heteroatoms. The van der Waals surface area contributed by atoms with Crippen molar-refractivity contribution in [3.63, 3.8) is 0 Å². The first-order valence-corrected chi connectivity index (χ1v) is 4.80. The molecule has 0 aliphatic carbocycles. The van der Waals surface area contributed by atoms with Gasteiger partial charge in [0.25, 0.3) is 5.88 Å². The van der Waals surface area contributed by atoms with Gasteiger partial charge in [-0.2, -0.15) is 5.26 Å². The fourth-order valence-electron chi connectivity index (χ4n) is 1.39. The van der Waals surface area contributed by atoms with Gasteiger partial charge in [0, 0.05) is 18.3 Å². The Morgan fingerprint density at radius 3 is 2.61 bits per heavy atom. The second-order valence-electron chi connectivity index (χ2n) is 3.19. The van der Waals surface area contributed by atoms with E-state index in [2.05, 4.69) is 9.72 Å². The summed E-state index contributed by atoms with van der Waals surface area (Å²) < 4.78 is 45.0. The Morgan fingerprint density at radius 1 is 1.50 bits per heavy atom. The number of ether oxygens (including phenoxy) is 2. The highest BCUT2D eigenvalue weighted by Gasteiger charge is 2.34. The van der Waals surface area contributed by atoms with Gasteiger partial charge in [0.2, 0.25) is 0 Å². The molecule has 98 valence electrons. The molecule has 0 saturated heterocycles. The number of hydrogen-bond acceptors (Lipinski definition) is 5. The number of pyridine rings is 1. The molecule has 0 spiro atoms. The largest absolute Gasteiger partial charge is 0.574 e. The molecule has 0 amide bonds. The molecule has 1 aromatic heterocycles. The molecule has 0 atom stereocenters. The van der Waals surface area contributed by atoms with E-state index in [1.54, 1.807) is 0 Å². The Bertz CT molecular complexity index is 469. The van der Waals surface area contributed by atoms with E-state index < -0.39 is 12.2 Å². The number of hydrogen-bond donors (Lipinski definition) is 1. The monoisotopic (exact) mass is 261 g/mol. The van der Waals surface area contributed by atoms with Crippen LogP contribution in [0.2, 0.25) is 0 Å². The maximum absolute atomic E-state index is 12.2. The lowest BCUT2D eigenvalue weighted by Gasteiger charge is -2.15. The first-order valence-electron chi connectivity index (χ1n) is 4.80. The quantitative estimate of drug-likeness (QED) is 0.888. The molecule has 1 rings (SSSR count). The molecular formula is C10H10F3N3O2. The Balaban J connectivity index is 3.29. The molecule has 0 aliphatic heterocycles. The van der Waals surface area contributed by atoms with Crippen LogP contribution >= 0.6 is 0 Å². The zero-order valence-corrected chi connectivity index (χ0v) is 9.41.